The molecule has 0 fully saturated rings. The van der Waals surface area contributed by atoms with Crippen molar-refractivity contribution in [3.8, 4) is 0 Å². The molecule has 240 valence electrons. The Morgan fingerprint density at radius 3 is 1.84 bits per heavy atom. The van der Waals surface area contributed by atoms with Gasteiger partial charge in [-0.2, -0.15) is 0 Å². The van der Waals surface area contributed by atoms with Gasteiger partial charge in [-0.1, -0.05) is 12.1 Å². The van der Waals surface area contributed by atoms with E-state index in [1.165, 1.54) is 23.7 Å². The van der Waals surface area contributed by atoms with Gasteiger partial charge in [-0.3, -0.25) is 38.0 Å². The number of para-hydroxylation sites is 1. The second-order valence-corrected chi connectivity index (χ2v) is 11.7. The van der Waals surface area contributed by atoms with Crippen molar-refractivity contribution >= 4 is 5.69 Å². The highest BCUT2D eigenvalue weighted by molar-refractivity contribution is 5.39. The van der Waals surface area contributed by atoms with Gasteiger partial charge in [-0.05, 0) is 72.3 Å². The number of quaternary nitrogens is 1. The summed E-state index contributed by atoms with van der Waals surface area (Å²) in [5, 5.41) is 11.5. The van der Waals surface area contributed by atoms with Crippen molar-refractivity contribution in [2.45, 2.75) is 92.4 Å². The van der Waals surface area contributed by atoms with E-state index in [1.807, 2.05) is 12.1 Å². The van der Waals surface area contributed by atoms with Crippen LogP contribution in [0.2, 0.25) is 0 Å². The fourth-order valence-electron chi connectivity index (χ4n) is 5.89. The van der Waals surface area contributed by atoms with Crippen LogP contribution in [0.3, 0.4) is 0 Å². The molecule has 0 aliphatic rings. The number of hydrogen-bond acceptors (Lipinski definition) is 6. The first-order valence-electron chi connectivity index (χ1n) is 15.6. The Balaban J connectivity index is 1.55. The van der Waals surface area contributed by atoms with E-state index in [1.54, 1.807) is 35.1 Å². The molecule has 2 aromatic heterocycles. The third-order valence-corrected chi connectivity index (χ3v) is 8.91. The summed E-state index contributed by atoms with van der Waals surface area (Å²) < 4.78 is 6.39. The molecular weight excluding hydrogens is 564 g/mol. The highest BCUT2D eigenvalue weighted by Crippen LogP contribution is 2.24. The highest BCUT2D eigenvalue weighted by Gasteiger charge is 2.27. The third kappa shape index (κ3) is 8.31. The summed E-state index contributed by atoms with van der Waals surface area (Å²) in [5.41, 5.74) is 0.907. The Hall–Kier alpha value is -4.06. The average molecular weight is 612 g/mol. The summed E-state index contributed by atoms with van der Waals surface area (Å²) in [7, 11) is 1.47. The van der Waals surface area contributed by atoms with Crippen molar-refractivity contribution in [2.75, 3.05) is 19.6 Å². The first kappa shape index (κ1) is 34.4. The molecule has 12 nitrogen and oxygen atoms in total. The standard InChI is InChI=1S/C32H47N6O6/c1-6-38(7-2,24-27-16-10-11-17-28(27)37(43)44)21-15-9-14-20-36-30(40)23-26(4)35(32(36)42)19-13-8-12-18-34-25(3)22-29(39)33(5)31(34)41/h10-11,16-17,22-23H,6-9,12-15,18-21,24H2,1-5H3/q+1. The number of nitro groups is 1. The SMILES string of the molecule is CC[N+](CC)(CCCCCn1c(=O)cc(C)n(CCCCCn2c(C)cc(=O)n(C)c2=O)c1=O)Cc1ccccc1[N+](=O)[O-]. The highest BCUT2D eigenvalue weighted by atomic mass is 16.6. The molecule has 0 amide bonds. The van der Waals surface area contributed by atoms with E-state index in [0.717, 1.165) is 59.9 Å². The number of aryl methyl sites for hydroxylation is 2. The van der Waals surface area contributed by atoms with Crippen LogP contribution in [0, 0.1) is 24.0 Å². The first-order valence-corrected chi connectivity index (χ1v) is 15.6. The van der Waals surface area contributed by atoms with E-state index in [-0.39, 0.29) is 33.1 Å². The van der Waals surface area contributed by atoms with Crippen molar-refractivity contribution in [1.82, 2.24) is 18.3 Å². The molecule has 12 heteroatoms. The Bertz CT molecular complexity index is 1680. The monoisotopic (exact) mass is 611 g/mol. The molecule has 0 atom stereocenters. The molecule has 3 rings (SSSR count). The number of nitro benzene ring substituents is 1. The Labute approximate surface area is 257 Å². The molecule has 0 spiro atoms. The molecule has 0 radical (unpaired) electrons. The minimum atomic E-state index is -0.330. The number of nitrogens with zero attached hydrogens (tertiary/aromatic N) is 6. The van der Waals surface area contributed by atoms with Crippen molar-refractivity contribution < 1.29 is 9.41 Å². The summed E-state index contributed by atoms with van der Waals surface area (Å²) in [5.74, 6) is 0. The van der Waals surface area contributed by atoms with Crippen LogP contribution in [0.15, 0.2) is 55.6 Å². The average Bonchev–Trinajstić information content (AvgIpc) is 2.99. The molecular formula is C32H47N6O6+. The summed E-state index contributed by atoms with van der Waals surface area (Å²) in [6, 6.07) is 9.89. The summed E-state index contributed by atoms with van der Waals surface area (Å²) in [6.45, 7) is 12.2. The predicted molar refractivity (Wildman–Crippen MR) is 171 cm³/mol. The lowest BCUT2D eigenvalue weighted by Gasteiger charge is -2.37. The zero-order valence-corrected chi connectivity index (χ0v) is 26.8. The molecule has 0 saturated heterocycles. The van der Waals surface area contributed by atoms with Crippen molar-refractivity contribution in [2.24, 2.45) is 7.05 Å². The van der Waals surface area contributed by atoms with Crippen molar-refractivity contribution in [1.29, 1.82) is 0 Å². The summed E-state index contributed by atoms with van der Waals surface area (Å²) in [6.07, 6.45) is 4.62. The molecule has 3 aromatic rings. The number of benzene rings is 1. The van der Waals surface area contributed by atoms with Gasteiger partial charge in [0, 0.05) is 56.3 Å². The Kier molecular flexibility index (Phi) is 12.2. The summed E-state index contributed by atoms with van der Waals surface area (Å²) in [4.78, 5) is 61.3. The second-order valence-electron chi connectivity index (χ2n) is 11.7. The topological polar surface area (TPSA) is 131 Å². The van der Waals surface area contributed by atoms with Gasteiger partial charge in [0.25, 0.3) is 16.8 Å². The number of rotatable bonds is 17. The molecule has 0 aliphatic heterocycles. The molecule has 0 unspecified atom stereocenters. The Morgan fingerprint density at radius 2 is 1.25 bits per heavy atom. The van der Waals surface area contributed by atoms with Crippen LogP contribution in [0.5, 0.6) is 0 Å². The van der Waals surface area contributed by atoms with E-state index in [0.29, 0.717) is 50.4 Å². The molecule has 2 heterocycles. The van der Waals surface area contributed by atoms with Gasteiger partial charge in [0.05, 0.1) is 30.1 Å². The van der Waals surface area contributed by atoms with Crippen LogP contribution in [0.1, 0.15) is 69.3 Å². The number of hydrogen-bond donors (Lipinski definition) is 0. The minimum Gasteiger partial charge on any atom is -0.320 e. The van der Waals surface area contributed by atoms with Crippen LogP contribution < -0.4 is 22.5 Å². The molecule has 1 aromatic carbocycles. The van der Waals surface area contributed by atoms with Gasteiger partial charge in [-0.25, -0.2) is 9.59 Å². The zero-order valence-electron chi connectivity index (χ0n) is 26.8. The maximum Gasteiger partial charge on any atom is 0.331 e. The largest absolute Gasteiger partial charge is 0.331 e. The van der Waals surface area contributed by atoms with Gasteiger partial charge in [0.15, 0.2) is 0 Å². The van der Waals surface area contributed by atoms with Crippen molar-refractivity contribution in [3.63, 3.8) is 0 Å². The van der Waals surface area contributed by atoms with E-state index in [4.69, 9.17) is 0 Å². The lowest BCUT2D eigenvalue weighted by atomic mass is 10.1. The fraction of sp³-hybridized carbons (Fsp3) is 0.562. The van der Waals surface area contributed by atoms with Crippen LogP contribution in [0.25, 0.3) is 0 Å². The van der Waals surface area contributed by atoms with E-state index in [2.05, 4.69) is 13.8 Å². The Morgan fingerprint density at radius 1 is 0.727 bits per heavy atom. The molecule has 0 aliphatic carbocycles. The number of unbranched alkanes of at least 4 members (excludes halogenated alkanes) is 4. The lowest BCUT2D eigenvalue weighted by molar-refractivity contribution is -0.938. The van der Waals surface area contributed by atoms with Gasteiger partial charge < -0.3 is 4.48 Å². The maximum atomic E-state index is 13.3. The lowest BCUT2D eigenvalue weighted by Crippen LogP contribution is -2.47. The number of aromatic nitrogens is 4. The fourth-order valence-corrected chi connectivity index (χ4v) is 5.89. The third-order valence-electron chi connectivity index (χ3n) is 8.91. The predicted octanol–water partition coefficient (Wildman–Crippen LogP) is 3.49. The molecule has 44 heavy (non-hydrogen) atoms. The zero-order chi connectivity index (χ0) is 32.4. The molecule has 0 N–H and O–H groups in total. The van der Waals surface area contributed by atoms with Crippen LogP contribution >= 0.6 is 0 Å². The first-order chi connectivity index (χ1) is 20.9. The van der Waals surface area contributed by atoms with Crippen molar-refractivity contribution in [3.05, 3.63) is 105 Å². The van der Waals surface area contributed by atoms with Crippen LogP contribution in [-0.4, -0.2) is 47.3 Å². The van der Waals surface area contributed by atoms with Gasteiger partial charge in [0.1, 0.15) is 6.54 Å². The normalized spacial score (nSPS) is 11.7. The van der Waals surface area contributed by atoms with E-state index in [9.17, 15) is 29.3 Å². The van der Waals surface area contributed by atoms with Gasteiger partial charge in [-0.15, -0.1) is 0 Å². The van der Waals surface area contributed by atoms with Crippen LogP contribution in [0.4, 0.5) is 5.69 Å². The minimum absolute atomic E-state index is 0.154. The molecule has 0 bridgehead atoms. The van der Waals surface area contributed by atoms with Gasteiger partial charge in [0.2, 0.25) is 0 Å². The van der Waals surface area contributed by atoms with Crippen LogP contribution in [-0.2, 0) is 33.2 Å². The smallest absolute Gasteiger partial charge is 0.320 e. The van der Waals surface area contributed by atoms with Gasteiger partial charge >= 0.3 is 11.4 Å². The molecule has 0 saturated carbocycles. The second kappa shape index (κ2) is 15.6. The summed E-state index contributed by atoms with van der Waals surface area (Å²) >= 11 is 0. The maximum absolute atomic E-state index is 13.3. The van der Waals surface area contributed by atoms with E-state index < -0.39 is 0 Å². The van der Waals surface area contributed by atoms with E-state index >= 15 is 0 Å². The quantitative estimate of drug-likeness (QED) is 0.0994.